The van der Waals surface area contributed by atoms with Crippen molar-refractivity contribution in [2.24, 2.45) is 0 Å². The number of para-hydroxylation sites is 2. The van der Waals surface area contributed by atoms with Gasteiger partial charge in [0, 0.05) is 6.54 Å². The summed E-state index contributed by atoms with van der Waals surface area (Å²) < 4.78 is 21.5. The number of hydrogen-bond donors (Lipinski definition) is 1. The highest BCUT2D eigenvalue weighted by atomic mass is 16.5. The number of ether oxygens (including phenoxy) is 4. The Bertz CT molecular complexity index is 747. The van der Waals surface area contributed by atoms with Gasteiger partial charge in [0.2, 0.25) is 0 Å². The zero-order valence-corrected chi connectivity index (χ0v) is 16.3. The van der Waals surface area contributed by atoms with E-state index in [0.29, 0.717) is 29.5 Å². The summed E-state index contributed by atoms with van der Waals surface area (Å²) in [5, 5.41) is 2.90. The van der Waals surface area contributed by atoms with Crippen LogP contribution in [0.1, 0.15) is 18.9 Å². The van der Waals surface area contributed by atoms with Crippen molar-refractivity contribution < 1.29 is 23.7 Å². The Balaban J connectivity index is 1.78. The van der Waals surface area contributed by atoms with Crippen LogP contribution in [0.4, 0.5) is 0 Å². The van der Waals surface area contributed by atoms with Crippen LogP contribution in [0, 0.1) is 0 Å². The molecule has 27 heavy (non-hydrogen) atoms. The molecule has 0 aliphatic carbocycles. The average molecular weight is 373 g/mol. The predicted octanol–water partition coefficient (Wildman–Crippen LogP) is 3.23. The average Bonchev–Trinajstić information content (AvgIpc) is 2.71. The van der Waals surface area contributed by atoms with E-state index in [9.17, 15) is 4.79 Å². The van der Waals surface area contributed by atoms with E-state index in [1.165, 1.54) is 0 Å². The lowest BCUT2D eigenvalue weighted by atomic mass is 10.1. The predicted molar refractivity (Wildman–Crippen MR) is 104 cm³/mol. The highest BCUT2D eigenvalue weighted by Gasteiger charge is 2.16. The molecule has 1 N–H and O–H groups in total. The van der Waals surface area contributed by atoms with Gasteiger partial charge in [-0.1, -0.05) is 18.2 Å². The van der Waals surface area contributed by atoms with Gasteiger partial charge in [-0.05, 0) is 49.6 Å². The van der Waals surface area contributed by atoms with Crippen LogP contribution < -0.4 is 24.3 Å². The van der Waals surface area contributed by atoms with E-state index >= 15 is 0 Å². The van der Waals surface area contributed by atoms with Gasteiger partial charge in [0.1, 0.15) is 0 Å². The van der Waals surface area contributed by atoms with E-state index in [2.05, 4.69) is 5.32 Å². The van der Waals surface area contributed by atoms with Crippen molar-refractivity contribution in [3.05, 3.63) is 48.0 Å². The van der Waals surface area contributed by atoms with Crippen LogP contribution in [-0.2, 0) is 11.2 Å². The number of benzene rings is 2. The fourth-order valence-electron chi connectivity index (χ4n) is 2.64. The standard InChI is InChI=1S/C21H27NO5/c1-15(27-19-10-6-5-9-17(19)24-2)21(23)22-13-7-8-16-11-12-18(25-3)20(14-16)26-4/h5-6,9-12,14-15H,7-8,13H2,1-4H3,(H,22,23)/t15-/m0/s1. The summed E-state index contributed by atoms with van der Waals surface area (Å²) in [5.74, 6) is 2.40. The number of amides is 1. The van der Waals surface area contributed by atoms with Crippen molar-refractivity contribution in [3.8, 4) is 23.0 Å². The summed E-state index contributed by atoms with van der Waals surface area (Å²) in [7, 11) is 4.80. The third kappa shape index (κ3) is 5.81. The summed E-state index contributed by atoms with van der Waals surface area (Å²) in [6.45, 7) is 2.28. The number of rotatable bonds is 10. The Morgan fingerprint density at radius 2 is 1.56 bits per heavy atom. The van der Waals surface area contributed by atoms with Crippen molar-refractivity contribution in [3.63, 3.8) is 0 Å². The third-order valence-electron chi connectivity index (χ3n) is 4.13. The van der Waals surface area contributed by atoms with Crippen LogP contribution in [0.25, 0.3) is 0 Å². The maximum absolute atomic E-state index is 12.2. The van der Waals surface area contributed by atoms with E-state index in [4.69, 9.17) is 18.9 Å². The van der Waals surface area contributed by atoms with Gasteiger partial charge >= 0.3 is 0 Å². The lowest BCUT2D eigenvalue weighted by Gasteiger charge is -2.16. The van der Waals surface area contributed by atoms with E-state index in [-0.39, 0.29) is 5.91 Å². The molecule has 0 aliphatic heterocycles. The quantitative estimate of drug-likeness (QED) is 0.648. The molecule has 2 aromatic carbocycles. The Morgan fingerprint density at radius 1 is 0.926 bits per heavy atom. The van der Waals surface area contributed by atoms with Gasteiger partial charge in [-0.2, -0.15) is 0 Å². The number of hydrogen-bond acceptors (Lipinski definition) is 5. The smallest absolute Gasteiger partial charge is 0.260 e. The zero-order chi connectivity index (χ0) is 19.6. The molecule has 6 heteroatoms. The van der Waals surface area contributed by atoms with Crippen LogP contribution in [0.3, 0.4) is 0 Å². The molecular formula is C21H27NO5. The molecule has 0 unspecified atom stereocenters. The molecule has 0 radical (unpaired) electrons. The highest BCUT2D eigenvalue weighted by molar-refractivity contribution is 5.80. The Morgan fingerprint density at radius 3 is 2.22 bits per heavy atom. The highest BCUT2D eigenvalue weighted by Crippen LogP contribution is 2.28. The van der Waals surface area contributed by atoms with E-state index in [1.54, 1.807) is 40.4 Å². The normalized spacial score (nSPS) is 11.4. The molecule has 0 spiro atoms. The van der Waals surface area contributed by atoms with Crippen LogP contribution >= 0.6 is 0 Å². The van der Waals surface area contributed by atoms with Gasteiger partial charge in [0.15, 0.2) is 29.1 Å². The molecule has 0 aliphatic rings. The van der Waals surface area contributed by atoms with Gasteiger partial charge < -0.3 is 24.3 Å². The maximum atomic E-state index is 12.2. The second kappa shape index (κ2) is 10.3. The molecule has 146 valence electrons. The molecule has 1 atom stereocenters. The van der Waals surface area contributed by atoms with Crippen molar-refractivity contribution in [1.82, 2.24) is 5.32 Å². The molecule has 0 fully saturated rings. The molecule has 2 rings (SSSR count). The van der Waals surface area contributed by atoms with Crippen molar-refractivity contribution in [2.45, 2.75) is 25.9 Å². The van der Waals surface area contributed by atoms with E-state index in [0.717, 1.165) is 18.4 Å². The number of carbonyl (C=O) groups is 1. The summed E-state index contributed by atoms with van der Waals surface area (Å²) in [4.78, 5) is 12.2. The molecule has 0 saturated heterocycles. The topological polar surface area (TPSA) is 66.0 Å². The first-order chi connectivity index (χ1) is 13.1. The molecular weight excluding hydrogens is 346 g/mol. The zero-order valence-electron chi connectivity index (χ0n) is 16.3. The van der Waals surface area contributed by atoms with Crippen molar-refractivity contribution in [2.75, 3.05) is 27.9 Å². The van der Waals surface area contributed by atoms with E-state index < -0.39 is 6.10 Å². The van der Waals surface area contributed by atoms with Gasteiger partial charge in [0.05, 0.1) is 21.3 Å². The number of aryl methyl sites for hydroxylation is 1. The molecule has 0 heterocycles. The lowest BCUT2D eigenvalue weighted by molar-refractivity contribution is -0.127. The Kier molecular flexibility index (Phi) is 7.79. The molecule has 6 nitrogen and oxygen atoms in total. The molecule has 2 aromatic rings. The first kappa shape index (κ1) is 20.4. The minimum absolute atomic E-state index is 0.159. The SMILES string of the molecule is COc1ccc(CCCNC(=O)[C@H](C)Oc2ccccc2OC)cc1OC. The maximum Gasteiger partial charge on any atom is 0.260 e. The fourth-order valence-corrected chi connectivity index (χ4v) is 2.64. The Labute approximate surface area is 160 Å². The summed E-state index contributed by atoms with van der Waals surface area (Å²) in [6.07, 6.45) is 1.02. The minimum atomic E-state index is -0.609. The summed E-state index contributed by atoms with van der Waals surface area (Å²) >= 11 is 0. The number of carbonyl (C=O) groups excluding carboxylic acids is 1. The second-order valence-electron chi connectivity index (χ2n) is 5.99. The first-order valence-corrected chi connectivity index (χ1v) is 8.87. The van der Waals surface area contributed by atoms with E-state index in [1.807, 2.05) is 30.3 Å². The molecule has 0 aromatic heterocycles. The first-order valence-electron chi connectivity index (χ1n) is 8.87. The van der Waals surface area contributed by atoms with Gasteiger partial charge in [0.25, 0.3) is 5.91 Å². The van der Waals surface area contributed by atoms with Gasteiger partial charge in [-0.25, -0.2) is 0 Å². The largest absolute Gasteiger partial charge is 0.493 e. The van der Waals surface area contributed by atoms with Crippen molar-refractivity contribution in [1.29, 1.82) is 0 Å². The van der Waals surface area contributed by atoms with Gasteiger partial charge in [-0.3, -0.25) is 4.79 Å². The van der Waals surface area contributed by atoms with Crippen LogP contribution in [0.5, 0.6) is 23.0 Å². The molecule has 1 amide bonds. The number of methoxy groups -OCH3 is 3. The van der Waals surface area contributed by atoms with Crippen LogP contribution in [0.2, 0.25) is 0 Å². The fraction of sp³-hybridized carbons (Fsp3) is 0.381. The number of nitrogens with one attached hydrogen (secondary N) is 1. The summed E-state index contributed by atoms with van der Waals surface area (Å²) in [5.41, 5.74) is 1.13. The lowest BCUT2D eigenvalue weighted by Crippen LogP contribution is -2.37. The Hall–Kier alpha value is -2.89. The second-order valence-corrected chi connectivity index (χ2v) is 5.99. The van der Waals surface area contributed by atoms with Crippen LogP contribution in [-0.4, -0.2) is 39.9 Å². The molecule has 0 bridgehead atoms. The third-order valence-corrected chi connectivity index (χ3v) is 4.13. The van der Waals surface area contributed by atoms with Crippen LogP contribution in [0.15, 0.2) is 42.5 Å². The molecule has 0 saturated carbocycles. The summed E-state index contributed by atoms with van der Waals surface area (Å²) in [6, 6.07) is 13.1. The van der Waals surface area contributed by atoms with Crippen molar-refractivity contribution >= 4 is 5.91 Å². The monoisotopic (exact) mass is 373 g/mol. The van der Waals surface area contributed by atoms with Gasteiger partial charge in [-0.15, -0.1) is 0 Å². The minimum Gasteiger partial charge on any atom is -0.493 e.